The van der Waals surface area contributed by atoms with Crippen molar-refractivity contribution in [3.8, 4) is 22.8 Å². The second-order valence-corrected chi connectivity index (χ2v) is 12.7. The quantitative estimate of drug-likeness (QED) is 0.138. The number of halogens is 1. The number of Topliss-reactive ketones (excluding diaryl/α,β-unsaturated/α-hetero) is 1. The highest BCUT2D eigenvalue weighted by Gasteiger charge is 2.46. The van der Waals surface area contributed by atoms with Crippen LogP contribution in [0.1, 0.15) is 74.0 Å². The lowest BCUT2D eigenvalue weighted by Crippen LogP contribution is -2.44. The molecule has 0 bridgehead atoms. The zero-order valence-corrected chi connectivity index (χ0v) is 26.3. The van der Waals surface area contributed by atoms with Crippen molar-refractivity contribution in [3.63, 3.8) is 0 Å². The first kappa shape index (κ1) is 32.1. The summed E-state index contributed by atoms with van der Waals surface area (Å²) in [5.41, 5.74) is 5.26. The summed E-state index contributed by atoms with van der Waals surface area (Å²) in [6.45, 7) is 3.56. The number of fused-ring (bicyclic) bond motifs is 2. The van der Waals surface area contributed by atoms with Gasteiger partial charge in [-0.3, -0.25) is 19.4 Å². The molecule has 4 N–H and O–H groups in total. The Morgan fingerprint density at radius 1 is 1.15 bits per heavy atom. The van der Waals surface area contributed by atoms with Crippen molar-refractivity contribution in [3.05, 3.63) is 83.4 Å². The van der Waals surface area contributed by atoms with Crippen molar-refractivity contribution < 1.29 is 33.4 Å². The number of ketones is 1. The van der Waals surface area contributed by atoms with Crippen LogP contribution in [0.25, 0.3) is 22.2 Å². The summed E-state index contributed by atoms with van der Waals surface area (Å²) < 4.78 is 26.0. The Balaban J connectivity index is 1.29. The largest absolute Gasteiger partial charge is 0.489 e. The number of benzene rings is 2. The van der Waals surface area contributed by atoms with Crippen LogP contribution in [-0.2, 0) is 20.6 Å². The van der Waals surface area contributed by atoms with Gasteiger partial charge in [0.25, 0.3) is 0 Å². The lowest BCUT2D eigenvalue weighted by Gasteiger charge is -2.26. The average molecular weight is 641 g/mol. The number of nitrogens with one attached hydrogen (secondary N) is 1. The maximum Gasteiger partial charge on any atom is 0.234 e. The number of hydrogen-bond donors (Lipinski definition) is 3. The van der Waals surface area contributed by atoms with Gasteiger partial charge in [0.1, 0.15) is 46.1 Å². The van der Waals surface area contributed by atoms with E-state index in [1.54, 1.807) is 56.4 Å². The van der Waals surface area contributed by atoms with E-state index in [-0.39, 0.29) is 55.9 Å². The van der Waals surface area contributed by atoms with Gasteiger partial charge < -0.3 is 25.6 Å². The van der Waals surface area contributed by atoms with Crippen molar-refractivity contribution in [1.29, 1.82) is 0 Å². The number of nitrogens with zero attached hydrogens (tertiary/aromatic N) is 2. The number of carbonyl (C=O) groups excluding carboxylic acids is 3. The smallest absolute Gasteiger partial charge is 0.234 e. The number of hydrogen-bond acceptors (Lipinski definition) is 8. The first-order chi connectivity index (χ1) is 22.4. The number of ether oxygens (including phenoxy) is 2. The highest BCUT2D eigenvalue weighted by atomic mass is 19.1. The van der Waals surface area contributed by atoms with Gasteiger partial charge in [-0.2, -0.15) is 0 Å². The van der Waals surface area contributed by atoms with E-state index in [1.165, 1.54) is 12.1 Å². The van der Waals surface area contributed by atoms with Crippen LogP contribution in [0.2, 0.25) is 0 Å². The highest BCUT2D eigenvalue weighted by Crippen LogP contribution is 2.46. The average Bonchev–Trinajstić information content (AvgIpc) is 3.81. The zero-order chi connectivity index (χ0) is 33.3. The molecular weight excluding hydrogens is 603 g/mol. The molecule has 6 rings (SSSR count). The minimum atomic E-state index is -1.59. The van der Waals surface area contributed by atoms with Crippen LogP contribution in [0, 0.1) is 5.82 Å². The molecule has 11 heteroatoms. The highest BCUT2D eigenvalue weighted by molar-refractivity contribution is 6.01. The lowest BCUT2D eigenvalue weighted by molar-refractivity contribution is -0.126. The monoisotopic (exact) mass is 640 g/mol. The molecule has 0 spiro atoms. The van der Waals surface area contributed by atoms with Gasteiger partial charge in [0.05, 0.1) is 11.8 Å². The van der Waals surface area contributed by atoms with Gasteiger partial charge in [-0.15, -0.1) is 0 Å². The summed E-state index contributed by atoms with van der Waals surface area (Å²) >= 11 is 0. The summed E-state index contributed by atoms with van der Waals surface area (Å²) in [4.78, 5) is 47.4. The van der Waals surface area contributed by atoms with E-state index >= 15 is 0 Å². The predicted molar refractivity (Wildman–Crippen MR) is 172 cm³/mol. The third-order valence-corrected chi connectivity index (χ3v) is 8.78. The predicted octanol–water partition coefficient (Wildman–Crippen LogP) is 4.88. The fraction of sp³-hybridized carbons (Fsp3) is 0.361. The number of aromatic nitrogens is 2. The van der Waals surface area contributed by atoms with Crippen LogP contribution in [0.3, 0.4) is 0 Å². The number of pyridine rings is 2. The molecule has 3 heterocycles. The molecule has 244 valence electrons. The fourth-order valence-corrected chi connectivity index (χ4v) is 5.71. The maximum absolute atomic E-state index is 13.8. The standard InChI is InChI=1S/C36H37FN4O6/c1-35(34(44)40-16-4-6-30(38)43)20-46-33-26(35)19-29(41-32(33)21-7-9-24(37)10-8-21)36(2,45)14-13-27(42)23-17-22-5-3-15-39-31(22)28(18-23)47-25-11-12-25/h3,5,7-10,15,17-19,25,45H,4,6,11-14,16,20H2,1-2H3,(H2,38,43)(H,40,44)/t35-,36-/m0/s1. The summed E-state index contributed by atoms with van der Waals surface area (Å²) in [5, 5.41) is 15.5. The Bertz CT molecular complexity index is 1860. The molecule has 2 aromatic carbocycles. The Labute approximate surface area is 271 Å². The first-order valence-corrected chi connectivity index (χ1v) is 15.8. The summed E-state index contributed by atoms with van der Waals surface area (Å²) in [6, 6.07) is 14.5. The van der Waals surface area contributed by atoms with Crippen LogP contribution in [0.5, 0.6) is 11.5 Å². The van der Waals surface area contributed by atoms with E-state index in [0.717, 1.165) is 18.2 Å². The third-order valence-electron chi connectivity index (χ3n) is 8.78. The Morgan fingerprint density at radius 3 is 2.64 bits per heavy atom. The molecule has 10 nitrogen and oxygen atoms in total. The van der Waals surface area contributed by atoms with Gasteiger partial charge in [0.2, 0.25) is 11.8 Å². The molecule has 0 radical (unpaired) electrons. The van der Waals surface area contributed by atoms with Gasteiger partial charge in [0, 0.05) is 47.7 Å². The van der Waals surface area contributed by atoms with Crippen molar-refractivity contribution in [2.45, 2.75) is 69.5 Å². The maximum atomic E-state index is 13.8. The van der Waals surface area contributed by atoms with Gasteiger partial charge >= 0.3 is 0 Å². The van der Waals surface area contributed by atoms with E-state index in [9.17, 15) is 23.9 Å². The van der Waals surface area contributed by atoms with Crippen LogP contribution in [0.15, 0.2) is 60.8 Å². The van der Waals surface area contributed by atoms with Crippen LogP contribution in [-0.4, -0.2) is 51.9 Å². The van der Waals surface area contributed by atoms with Gasteiger partial charge in [-0.25, -0.2) is 9.37 Å². The molecule has 2 atom stereocenters. The zero-order valence-electron chi connectivity index (χ0n) is 26.3. The van der Waals surface area contributed by atoms with Crippen molar-refractivity contribution >= 4 is 28.5 Å². The minimum absolute atomic E-state index is 0.000398. The summed E-state index contributed by atoms with van der Waals surface area (Å²) in [6.07, 6.45) is 4.29. The number of carbonyl (C=O) groups is 3. The van der Waals surface area contributed by atoms with Crippen LogP contribution in [0.4, 0.5) is 4.39 Å². The Morgan fingerprint density at radius 2 is 1.91 bits per heavy atom. The van der Waals surface area contributed by atoms with Crippen molar-refractivity contribution in [1.82, 2.24) is 15.3 Å². The molecular formula is C36H37FN4O6. The third kappa shape index (κ3) is 6.80. The molecule has 1 aliphatic heterocycles. The van der Waals surface area contributed by atoms with Crippen LogP contribution < -0.4 is 20.5 Å². The first-order valence-electron chi connectivity index (χ1n) is 15.8. The van der Waals surface area contributed by atoms with Crippen molar-refractivity contribution in [2.24, 2.45) is 5.73 Å². The van der Waals surface area contributed by atoms with E-state index < -0.39 is 22.7 Å². The van der Waals surface area contributed by atoms with E-state index in [1.807, 2.05) is 6.07 Å². The molecule has 1 aliphatic carbocycles. The van der Waals surface area contributed by atoms with Gasteiger partial charge in [0.15, 0.2) is 5.78 Å². The molecule has 4 aromatic rings. The molecule has 2 aliphatic rings. The van der Waals surface area contributed by atoms with Gasteiger partial charge in [-0.05, 0) is 88.1 Å². The molecule has 0 saturated heterocycles. The van der Waals surface area contributed by atoms with Gasteiger partial charge in [-0.1, -0.05) is 6.07 Å². The SMILES string of the molecule is C[C@](O)(CCC(=O)c1cc(OC2CC2)c2ncccc2c1)c1cc2c(c(-c3ccc(F)cc3)n1)OC[C@]2(C)C(=O)NCCCC(N)=O. The molecule has 47 heavy (non-hydrogen) atoms. The fourth-order valence-electron chi connectivity index (χ4n) is 5.71. The second-order valence-electron chi connectivity index (χ2n) is 12.7. The Kier molecular flexibility index (Phi) is 8.67. The second kappa shape index (κ2) is 12.7. The summed E-state index contributed by atoms with van der Waals surface area (Å²) in [7, 11) is 0. The molecule has 2 aromatic heterocycles. The Hall–Kier alpha value is -4.90. The van der Waals surface area contributed by atoms with E-state index in [0.29, 0.717) is 45.8 Å². The molecule has 0 unspecified atom stereocenters. The summed E-state index contributed by atoms with van der Waals surface area (Å²) in [5.74, 6) is -0.465. The number of nitrogens with two attached hydrogens (primary N) is 1. The number of rotatable bonds is 13. The van der Waals surface area contributed by atoms with E-state index in [4.69, 9.17) is 20.2 Å². The molecule has 2 amide bonds. The number of amides is 2. The normalized spacial score (nSPS) is 18.2. The topological polar surface area (TPSA) is 154 Å². The van der Waals surface area contributed by atoms with Crippen molar-refractivity contribution in [2.75, 3.05) is 13.2 Å². The number of aliphatic hydroxyl groups is 1. The van der Waals surface area contributed by atoms with E-state index in [2.05, 4.69) is 10.3 Å². The van der Waals surface area contributed by atoms with Crippen LogP contribution >= 0.6 is 0 Å². The minimum Gasteiger partial charge on any atom is -0.489 e. The molecule has 1 fully saturated rings. The number of primary amides is 1. The molecule has 1 saturated carbocycles. The lowest BCUT2D eigenvalue weighted by atomic mass is 9.81.